The number of sulfonamides is 1. The summed E-state index contributed by atoms with van der Waals surface area (Å²) >= 11 is 3.33. The van der Waals surface area contributed by atoms with Crippen molar-refractivity contribution < 1.29 is 18.0 Å². The van der Waals surface area contributed by atoms with Crippen molar-refractivity contribution >= 4 is 49.1 Å². The van der Waals surface area contributed by atoms with Crippen LogP contribution in [-0.2, 0) is 19.6 Å². The van der Waals surface area contributed by atoms with Gasteiger partial charge in [0.2, 0.25) is 21.8 Å². The third kappa shape index (κ3) is 4.43. The number of anilines is 2. The molecule has 2 N–H and O–H groups in total. The van der Waals surface area contributed by atoms with Gasteiger partial charge in [-0.05, 0) is 49.2 Å². The van der Waals surface area contributed by atoms with Crippen LogP contribution in [0.5, 0.6) is 0 Å². The van der Waals surface area contributed by atoms with Gasteiger partial charge < -0.3 is 10.6 Å². The molecule has 3 rings (SSSR count). The topological polar surface area (TPSA) is 95.6 Å². The van der Waals surface area contributed by atoms with Crippen LogP contribution in [0.1, 0.15) is 19.8 Å². The zero-order valence-electron chi connectivity index (χ0n) is 15.2. The van der Waals surface area contributed by atoms with Gasteiger partial charge in [-0.1, -0.05) is 28.1 Å². The van der Waals surface area contributed by atoms with Crippen molar-refractivity contribution in [3.8, 4) is 0 Å². The van der Waals surface area contributed by atoms with E-state index < -0.39 is 16.1 Å². The monoisotopic (exact) mass is 465 g/mol. The largest absolute Gasteiger partial charge is 0.325 e. The number of hydrogen-bond donors (Lipinski definition) is 2. The number of rotatable bonds is 5. The normalized spacial score (nSPS) is 17.3. The first-order chi connectivity index (χ1) is 13.3. The number of carbonyl (C=O) groups is 2. The van der Waals surface area contributed by atoms with E-state index >= 15 is 0 Å². The Kier molecular flexibility index (Phi) is 6.17. The predicted octanol–water partition coefficient (Wildman–Crippen LogP) is 3.20. The van der Waals surface area contributed by atoms with Gasteiger partial charge in [0.25, 0.3) is 0 Å². The van der Waals surface area contributed by atoms with Crippen LogP contribution in [0.25, 0.3) is 0 Å². The van der Waals surface area contributed by atoms with Gasteiger partial charge in [0.15, 0.2) is 0 Å². The second-order valence-corrected chi connectivity index (χ2v) is 9.22. The van der Waals surface area contributed by atoms with Crippen molar-refractivity contribution in [3.63, 3.8) is 0 Å². The number of carbonyl (C=O) groups excluding carboxylic acids is 2. The second kappa shape index (κ2) is 8.42. The molecule has 0 spiro atoms. The highest BCUT2D eigenvalue weighted by atomic mass is 79.9. The van der Waals surface area contributed by atoms with E-state index in [0.29, 0.717) is 18.5 Å². The summed E-state index contributed by atoms with van der Waals surface area (Å²) in [5.41, 5.74) is 0.796. The van der Waals surface area contributed by atoms with E-state index in [0.717, 1.165) is 4.47 Å². The number of benzene rings is 2. The third-order valence-corrected chi connectivity index (χ3v) is 6.90. The zero-order chi connectivity index (χ0) is 20.3. The molecule has 1 atom stereocenters. The standard InChI is InChI=1S/C19H20BrN3O4S/c1-13(24)21-16-5-2-3-7-18(16)28(26,27)23-12-4-6-17(23)19(25)22-15-10-8-14(20)9-11-15/h2-3,5,7-11,17H,4,6,12H2,1H3,(H,21,24)(H,22,25)/t17-/m0/s1. The lowest BCUT2D eigenvalue weighted by Gasteiger charge is -2.24. The SMILES string of the molecule is CC(=O)Nc1ccccc1S(=O)(=O)N1CCC[C@H]1C(=O)Nc1ccc(Br)cc1. The van der Waals surface area contributed by atoms with Gasteiger partial charge >= 0.3 is 0 Å². The van der Waals surface area contributed by atoms with Gasteiger partial charge in [-0.2, -0.15) is 4.31 Å². The van der Waals surface area contributed by atoms with Gasteiger partial charge in [-0.3, -0.25) is 9.59 Å². The molecule has 0 unspecified atom stereocenters. The first-order valence-corrected chi connectivity index (χ1v) is 11.0. The van der Waals surface area contributed by atoms with E-state index in [-0.39, 0.29) is 28.9 Å². The summed E-state index contributed by atoms with van der Waals surface area (Å²) < 4.78 is 28.6. The first-order valence-electron chi connectivity index (χ1n) is 8.74. The fourth-order valence-electron chi connectivity index (χ4n) is 3.16. The molecule has 0 saturated carbocycles. The van der Waals surface area contributed by atoms with Crippen LogP contribution in [0.2, 0.25) is 0 Å². The number of para-hydroxylation sites is 1. The zero-order valence-corrected chi connectivity index (χ0v) is 17.6. The Labute approximate surface area is 172 Å². The highest BCUT2D eigenvalue weighted by Crippen LogP contribution is 2.31. The van der Waals surface area contributed by atoms with E-state index in [1.807, 2.05) is 0 Å². The minimum Gasteiger partial charge on any atom is -0.325 e. The van der Waals surface area contributed by atoms with Crippen molar-refractivity contribution in [1.82, 2.24) is 4.31 Å². The van der Waals surface area contributed by atoms with Gasteiger partial charge in [0, 0.05) is 23.6 Å². The molecule has 0 aliphatic carbocycles. The molecule has 1 heterocycles. The molecule has 28 heavy (non-hydrogen) atoms. The summed E-state index contributed by atoms with van der Waals surface area (Å²) in [4.78, 5) is 24.2. The Morgan fingerprint density at radius 1 is 1.07 bits per heavy atom. The van der Waals surface area contributed by atoms with Crippen molar-refractivity contribution in [2.45, 2.75) is 30.7 Å². The minimum absolute atomic E-state index is 0.0199. The maximum Gasteiger partial charge on any atom is 0.245 e. The van der Waals surface area contributed by atoms with Crippen LogP contribution in [-0.4, -0.2) is 37.1 Å². The van der Waals surface area contributed by atoms with Gasteiger partial charge in [-0.25, -0.2) is 8.42 Å². The number of nitrogens with one attached hydrogen (secondary N) is 2. The van der Waals surface area contributed by atoms with Crippen LogP contribution < -0.4 is 10.6 Å². The molecule has 1 fully saturated rings. The smallest absolute Gasteiger partial charge is 0.245 e. The highest BCUT2D eigenvalue weighted by Gasteiger charge is 2.40. The van der Waals surface area contributed by atoms with Crippen LogP contribution in [0, 0.1) is 0 Å². The predicted molar refractivity (Wildman–Crippen MR) is 110 cm³/mol. The average Bonchev–Trinajstić information content (AvgIpc) is 3.14. The fraction of sp³-hybridized carbons (Fsp3) is 0.263. The Balaban J connectivity index is 1.86. The van der Waals surface area contributed by atoms with E-state index in [2.05, 4.69) is 26.6 Å². The van der Waals surface area contributed by atoms with Crippen LogP contribution in [0.15, 0.2) is 57.9 Å². The molecule has 148 valence electrons. The van der Waals surface area contributed by atoms with Crippen molar-refractivity contribution in [1.29, 1.82) is 0 Å². The molecule has 0 aromatic heterocycles. The molecule has 1 saturated heterocycles. The number of halogens is 1. The molecule has 0 bridgehead atoms. The summed E-state index contributed by atoms with van der Waals surface area (Å²) in [6.45, 7) is 1.56. The Hall–Kier alpha value is -2.23. The van der Waals surface area contributed by atoms with Crippen LogP contribution in [0.4, 0.5) is 11.4 Å². The summed E-state index contributed by atoms with van der Waals surface area (Å²) in [5.74, 6) is -0.742. The molecule has 2 amide bonds. The summed E-state index contributed by atoms with van der Waals surface area (Å²) in [6, 6.07) is 12.5. The van der Waals surface area contributed by atoms with E-state index in [9.17, 15) is 18.0 Å². The molecular formula is C19H20BrN3O4S. The maximum absolute atomic E-state index is 13.2. The average molecular weight is 466 g/mol. The van der Waals surface area contributed by atoms with Crippen molar-refractivity contribution in [2.75, 3.05) is 17.2 Å². The Morgan fingerprint density at radius 3 is 2.43 bits per heavy atom. The lowest BCUT2D eigenvalue weighted by molar-refractivity contribution is -0.119. The molecule has 7 nitrogen and oxygen atoms in total. The molecule has 1 aliphatic rings. The summed E-state index contributed by atoms with van der Waals surface area (Å²) in [5, 5.41) is 5.32. The van der Waals surface area contributed by atoms with Crippen LogP contribution >= 0.6 is 15.9 Å². The molecule has 0 radical (unpaired) electrons. The maximum atomic E-state index is 13.2. The summed E-state index contributed by atoms with van der Waals surface area (Å²) in [6.07, 6.45) is 1.02. The number of nitrogens with zero attached hydrogens (tertiary/aromatic N) is 1. The lowest BCUT2D eigenvalue weighted by atomic mass is 10.2. The van der Waals surface area contributed by atoms with E-state index in [1.165, 1.54) is 23.4 Å². The molecule has 2 aromatic carbocycles. The van der Waals surface area contributed by atoms with Gasteiger partial charge in [0.05, 0.1) is 5.69 Å². The Bertz CT molecular complexity index is 992. The minimum atomic E-state index is -3.96. The number of amides is 2. The molecule has 2 aromatic rings. The van der Waals surface area contributed by atoms with Crippen molar-refractivity contribution in [2.24, 2.45) is 0 Å². The van der Waals surface area contributed by atoms with Crippen LogP contribution in [0.3, 0.4) is 0 Å². The highest BCUT2D eigenvalue weighted by molar-refractivity contribution is 9.10. The van der Waals surface area contributed by atoms with E-state index in [4.69, 9.17) is 0 Å². The first kappa shape index (κ1) is 20.5. The Morgan fingerprint density at radius 2 is 1.75 bits per heavy atom. The molecule has 9 heteroatoms. The lowest BCUT2D eigenvalue weighted by Crippen LogP contribution is -2.43. The molecular weight excluding hydrogens is 446 g/mol. The van der Waals surface area contributed by atoms with Gasteiger partial charge in [0.1, 0.15) is 10.9 Å². The second-order valence-electron chi connectivity index (χ2n) is 6.45. The van der Waals surface area contributed by atoms with Crippen molar-refractivity contribution in [3.05, 3.63) is 53.0 Å². The summed E-state index contributed by atoms with van der Waals surface area (Å²) in [7, 11) is -3.96. The quantitative estimate of drug-likeness (QED) is 0.708. The number of hydrogen-bond acceptors (Lipinski definition) is 4. The molecule has 1 aliphatic heterocycles. The van der Waals surface area contributed by atoms with E-state index in [1.54, 1.807) is 36.4 Å². The fourth-order valence-corrected chi connectivity index (χ4v) is 5.23. The third-order valence-electron chi connectivity index (χ3n) is 4.40. The van der Waals surface area contributed by atoms with Gasteiger partial charge in [-0.15, -0.1) is 0 Å².